The number of hydrogen-bond acceptors (Lipinski definition) is 10. The lowest BCUT2D eigenvalue weighted by Crippen LogP contribution is -2.31. The molecule has 0 aliphatic heterocycles. The number of H-pyrrole nitrogens is 2. The Kier molecular flexibility index (Phi) is 17.0. The van der Waals surface area contributed by atoms with E-state index in [1.54, 1.807) is 53.7 Å². The fourth-order valence-corrected chi connectivity index (χ4v) is 9.77. The Labute approximate surface area is 436 Å². The molecule has 2 aliphatic rings. The molecule has 0 bridgehead atoms. The van der Waals surface area contributed by atoms with Crippen LogP contribution in [0, 0.1) is 0 Å². The van der Waals surface area contributed by atoms with Gasteiger partial charge in [0.2, 0.25) is 11.5 Å². The number of esters is 2. The van der Waals surface area contributed by atoms with Crippen molar-refractivity contribution in [2.75, 3.05) is 0 Å². The van der Waals surface area contributed by atoms with E-state index in [0.29, 0.717) is 36.8 Å². The minimum atomic E-state index is -4.47. The van der Waals surface area contributed by atoms with Crippen molar-refractivity contribution < 1.29 is 54.9 Å². The van der Waals surface area contributed by atoms with Gasteiger partial charge in [-0.1, -0.05) is 123 Å². The summed E-state index contributed by atoms with van der Waals surface area (Å²) in [5, 5.41) is 0. The monoisotopic (exact) mass is 1060 g/mol. The maximum Gasteiger partial charge on any atom is 0.416 e. The Balaban J connectivity index is 0.000000221. The average molecular weight is 1060 g/mol. The van der Waals surface area contributed by atoms with Gasteiger partial charge >= 0.3 is 24.3 Å². The summed E-state index contributed by atoms with van der Waals surface area (Å²) in [7, 11) is 0. The number of carbonyl (C=O) groups excluding carboxylic acids is 2. The number of alkyl halides is 6. The SMILES string of the molecule is CC(C)(C)OC(=O)c1nc(CC2(c3cccc(C(F)(F)F)c3)CCCC2)[nH]c(=O)c1OCc1ccccc1.CC(C)(C)OC(=O)c1nc(CC2(c3cccc(C(F)(F)F)c3)CCCC2)[nH]c(=O)c1OCc1ccccc1. The Morgan fingerprint density at radius 3 is 1.17 bits per heavy atom. The molecule has 12 nitrogen and oxygen atoms in total. The van der Waals surface area contributed by atoms with Crippen LogP contribution < -0.4 is 20.6 Å². The molecule has 6 aromatic rings. The zero-order chi connectivity index (χ0) is 55.1. The van der Waals surface area contributed by atoms with Crippen molar-refractivity contribution in [2.24, 2.45) is 0 Å². The fourth-order valence-electron chi connectivity index (χ4n) is 9.77. The van der Waals surface area contributed by atoms with Crippen LogP contribution in [0.25, 0.3) is 0 Å². The van der Waals surface area contributed by atoms with Crippen molar-refractivity contribution in [3.8, 4) is 11.5 Å². The van der Waals surface area contributed by atoms with Gasteiger partial charge in [0.05, 0.1) is 11.1 Å². The first-order valence-electron chi connectivity index (χ1n) is 25.1. The second-order valence-electron chi connectivity index (χ2n) is 21.4. The molecular formula is C58H62F6N4O8. The molecule has 0 radical (unpaired) electrons. The van der Waals surface area contributed by atoms with E-state index >= 15 is 0 Å². The van der Waals surface area contributed by atoms with Crippen LogP contribution in [0.4, 0.5) is 26.3 Å². The number of halogens is 6. The summed E-state index contributed by atoms with van der Waals surface area (Å²) in [5.41, 5.74) is -3.60. The van der Waals surface area contributed by atoms with E-state index in [-0.39, 0.29) is 60.6 Å². The molecular weight excluding hydrogens is 995 g/mol. The number of aromatic nitrogens is 4. The molecule has 18 heteroatoms. The summed E-state index contributed by atoms with van der Waals surface area (Å²) in [6.45, 7) is 10.3. The van der Waals surface area contributed by atoms with Crippen LogP contribution >= 0.6 is 0 Å². The van der Waals surface area contributed by atoms with Gasteiger partial charge in [-0.25, -0.2) is 19.6 Å². The molecule has 76 heavy (non-hydrogen) atoms. The van der Waals surface area contributed by atoms with Gasteiger partial charge in [0.1, 0.15) is 36.1 Å². The van der Waals surface area contributed by atoms with Gasteiger partial charge in [-0.05, 0) is 102 Å². The van der Waals surface area contributed by atoms with E-state index in [0.717, 1.165) is 48.9 Å². The predicted octanol–water partition coefficient (Wildman–Crippen LogP) is 12.8. The van der Waals surface area contributed by atoms with Gasteiger partial charge in [-0.15, -0.1) is 0 Å². The first-order chi connectivity index (χ1) is 35.7. The molecule has 0 amide bonds. The molecule has 0 unspecified atom stereocenters. The largest absolute Gasteiger partial charge is 0.481 e. The van der Waals surface area contributed by atoms with Gasteiger partial charge in [0, 0.05) is 23.7 Å². The van der Waals surface area contributed by atoms with Gasteiger partial charge < -0.3 is 28.9 Å². The van der Waals surface area contributed by atoms with E-state index in [2.05, 4.69) is 19.9 Å². The molecule has 2 N–H and O–H groups in total. The second-order valence-corrected chi connectivity index (χ2v) is 21.4. The minimum Gasteiger partial charge on any atom is -0.481 e. The van der Waals surface area contributed by atoms with Crippen molar-refractivity contribution in [3.63, 3.8) is 0 Å². The van der Waals surface area contributed by atoms with E-state index in [1.165, 1.54) is 24.3 Å². The highest BCUT2D eigenvalue weighted by Gasteiger charge is 2.41. The zero-order valence-corrected chi connectivity index (χ0v) is 43.3. The van der Waals surface area contributed by atoms with Crippen LogP contribution in [0.5, 0.6) is 11.5 Å². The predicted molar refractivity (Wildman–Crippen MR) is 272 cm³/mol. The summed E-state index contributed by atoms with van der Waals surface area (Å²) in [6.07, 6.45) is -2.76. The quantitative estimate of drug-likeness (QED) is 0.0793. The summed E-state index contributed by atoms with van der Waals surface area (Å²) >= 11 is 0. The Hall–Kier alpha value is -7.24. The van der Waals surface area contributed by atoms with Crippen molar-refractivity contribution in [1.29, 1.82) is 0 Å². The van der Waals surface area contributed by atoms with Gasteiger partial charge in [0.25, 0.3) is 11.1 Å². The molecule has 2 heterocycles. The number of nitrogens with zero attached hydrogens (tertiary/aromatic N) is 2. The van der Waals surface area contributed by atoms with E-state index in [4.69, 9.17) is 18.9 Å². The number of benzene rings is 4. The third-order valence-corrected chi connectivity index (χ3v) is 13.2. The minimum absolute atomic E-state index is 0.0366. The maximum absolute atomic E-state index is 13.5. The molecule has 8 rings (SSSR count). The van der Waals surface area contributed by atoms with Crippen LogP contribution in [0.15, 0.2) is 119 Å². The number of ether oxygens (including phenoxy) is 4. The lowest BCUT2D eigenvalue weighted by atomic mass is 9.75. The maximum atomic E-state index is 13.5. The first-order valence-corrected chi connectivity index (χ1v) is 25.1. The standard InChI is InChI=1S/2C29H31F3N2O4/c2*1-27(2,3)38-26(36)23-24(37-18-19-10-5-4-6-11-19)25(35)34-22(33-23)17-28(14-7-8-15-28)20-12-9-13-21(16-20)29(30,31)32/h2*4-6,9-13,16H,7-8,14-15,17-18H2,1-3H3,(H,33,34,35). The van der Waals surface area contributed by atoms with Gasteiger partial charge in [-0.2, -0.15) is 26.3 Å². The van der Waals surface area contributed by atoms with Crippen molar-refractivity contribution in [1.82, 2.24) is 19.9 Å². The number of carbonyl (C=O) groups is 2. The molecule has 4 aromatic carbocycles. The van der Waals surface area contributed by atoms with Crippen molar-refractivity contribution >= 4 is 11.9 Å². The second kappa shape index (κ2) is 22.9. The molecule has 404 valence electrons. The molecule has 2 aromatic heterocycles. The summed E-state index contributed by atoms with van der Waals surface area (Å²) in [6, 6.07) is 28.9. The highest BCUT2D eigenvalue weighted by atomic mass is 19.4. The van der Waals surface area contributed by atoms with Gasteiger partial charge in [0.15, 0.2) is 11.4 Å². The van der Waals surface area contributed by atoms with Crippen LogP contribution in [-0.4, -0.2) is 43.1 Å². The van der Waals surface area contributed by atoms with E-state index in [1.807, 2.05) is 60.7 Å². The first kappa shape index (κ1) is 56.5. The van der Waals surface area contributed by atoms with E-state index in [9.17, 15) is 45.5 Å². The Morgan fingerprint density at radius 1 is 0.513 bits per heavy atom. The molecule has 0 spiro atoms. The molecule has 2 fully saturated rings. The summed E-state index contributed by atoms with van der Waals surface area (Å²) in [4.78, 5) is 66.9. The van der Waals surface area contributed by atoms with Gasteiger partial charge in [-0.3, -0.25) is 9.59 Å². The fraction of sp³-hybridized carbons (Fsp3) is 0.414. The highest BCUT2D eigenvalue weighted by Crippen LogP contribution is 2.46. The van der Waals surface area contributed by atoms with Crippen LogP contribution in [0.1, 0.15) is 159 Å². The highest BCUT2D eigenvalue weighted by molar-refractivity contribution is 5.91. The molecule has 2 aliphatic carbocycles. The molecule has 0 atom stereocenters. The zero-order valence-electron chi connectivity index (χ0n) is 43.3. The number of aromatic amines is 2. The number of nitrogens with one attached hydrogen (secondary N) is 2. The van der Waals surface area contributed by atoms with Crippen molar-refractivity contribution in [2.45, 2.75) is 153 Å². The lowest BCUT2D eigenvalue weighted by molar-refractivity contribution is -0.138. The third-order valence-electron chi connectivity index (χ3n) is 13.2. The molecule has 0 saturated heterocycles. The lowest BCUT2D eigenvalue weighted by Gasteiger charge is -2.30. The smallest absolute Gasteiger partial charge is 0.416 e. The molecule has 2 saturated carbocycles. The number of rotatable bonds is 14. The third kappa shape index (κ3) is 14.6. The summed E-state index contributed by atoms with van der Waals surface area (Å²) in [5.74, 6) is -1.75. The average Bonchev–Trinajstić information content (AvgIpc) is 4.04. The van der Waals surface area contributed by atoms with E-state index < -0.39 is 68.6 Å². The number of hydrogen-bond donors (Lipinski definition) is 2. The topological polar surface area (TPSA) is 163 Å². The normalized spacial score (nSPS) is 15.3. The van der Waals surface area contributed by atoms with Crippen molar-refractivity contribution in [3.05, 3.63) is 186 Å². The Bertz CT molecular complexity index is 2890. The van der Waals surface area contributed by atoms with Crippen LogP contribution in [0.2, 0.25) is 0 Å². The van der Waals surface area contributed by atoms with Crippen LogP contribution in [-0.2, 0) is 58.7 Å². The Morgan fingerprint density at radius 2 is 0.855 bits per heavy atom. The summed E-state index contributed by atoms with van der Waals surface area (Å²) < 4.78 is 103. The van der Waals surface area contributed by atoms with Crippen LogP contribution in [0.3, 0.4) is 0 Å².